The average Bonchev–Trinajstić information content (AvgIpc) is 2.27. The molecular weight excluding hydrogens is 221 g/mol. The summed E-state index contributed by atoms with van der Waals surface area (Å²) < 4.78 is 13.0. The summed E-state index contributed by atoms with van der Waals surface area (Å²) in [7, 11) is 0. The Morgan fingerprint density at radius 2 is 2.00 bits per heavy atom. The third kappa shape index (κ3) is 3.94. The van der Waals surface area contributed by atoms with Crippen LogP contribution in [0.2, 0.25) is 0 Å². The van der Waals surface area contributed by atoms with Crippen molar-refractivity contribution in [3.8, 4) is 0 Å². The normalized spacial score (nSPS) is 10.1. The van der Waals surface area contributed by atoms with Crippen LogP contribution in [0.25, 0.3) is 0 Å². The number of benzene rings is 1. The molecule has 0 fully saturated rings. The van der Waals surface area contributed by atoms with Gasteiger partial charge in [-0.2, -0.15) is 0 Å². The fourth-order valence-corrected chi connectivity index (χ4v) is 1.58. The van der Waals surface area contributed by atoms with Gasteiger partial charge in [0.15, 0.2) is 0 Å². The van der Waals surface area contributed by atoms with E-state index in [-0.39, 0.29) is 12.5 Å². The summed E-state index contributed by atoms with van der Waals surface area (Å²) in [4.78, 5) is 13.4. The number of nitrogen functional groups attached to an aromatic ring is 1. The number of halogens is 1. The van der Waals surface area contributed by atoms with E-state index in [1.165, 1.54) is 12.1 Å². The highest BCUT2D eigenvalue weighted by molar-refractivity contribution is 5.81. The third-order valence-electron chi connectivity index (χ3n) is 2.48. The van der Waals surface area contributed by atoms with Gasteiger partial charge in [-0.1, -0.05) is 0 Å². The predicted molar refractivity (Wildman–Crippen MR) is 67.2 cm³/mol. The number of carbonyl (C=O) groups is 1. The molecule has 1 amide bonds. The summed E-state index contributed by atoms with van der Waals surface area (Å²) in [5.41, 5.74) is 6.36. The monoisotopic (exact) mass is 239 g/mol. The molecule has 0 atom stereocenters. The van der Waals surface area contributed by atoms with Gasteiger partial charge in [0.25, 0.3) is 0 Å². The molecule has 0 aromatic heterocycles. The maximum atomic E-state index is 13.0. The Kier molecular flexibility index (Phi) is 4.75. The topological polar surface area (TPSA) is 58.4 Å². The first-order chi connectivity index (χ1) is 8.06. The van der Waals surface area contributed by atoms with Crippen LogP contribution in [0, 0.1) is 5.82 Å². The number of nitrogens with zero attached hydrogens (tertiary/aromatic N) is 1. The fourth-order valence-electron chi connectivity index (χ4n) is 1.58. The van der Waals surface area contributed by atoms with Crippen molar-refractivity contribution in [3.63, 3.8) is 0 Å². The molecule has 0 unspecified atom stereocenters. The van der Waals surface area contributed by atoms with E-state index in [2.05, 4.69) is 5.32 Å². The van der Waals surface area contributed by atoms with E-state index >= 15 is 0 Å². The smallest absolute Gasteiger partial charge is 0.241 e. The van der Waals surface area contributed by atoms with Crippen molar-refractivity contribution < 1.29 is 9.18 Å². The molecule has 0 saturated carbocycles. The summed E-state index contributed by atoms with van der Waals surface area (Å²) in [5.74, 6) is -0.430. The molecule has 0 saturated heterocycles. The van der Waals surface area contributed by atoms with E-state index in [1.807, 2.05) is 13.8 Å². The maximum absolute atomic E-state index is 13.0. The number of amides is 1. The Labute approximate surface area is 101 Å². The van der Waals surface area contributed by atoms with Crippen molar-refractivity contribution in [3.05, 3.63) is 24.0 Å². The van der Waals surface area contributed by atoms with Crippen LogP contribution in [0.15, 0.2) is 18.2 Å². The van der Waals surface area contributed by atoms with Gasteiger partial charge in [-0.05, 0) is 32.0 Å². The molecule has 94 valence electrons. The van der Waals surface area contributed by atoms with Gasteiger partial charge in [-0.15, -0.1) is 0 Å². The first kappa shape index (κ1) is 13.3. The first-order valence-corrected chi connectivity index (χ1v) is 5.64. The highest BCUT2D eigenvalue weighted by atomic mass is 19.1. The molecule has 0 spiro atoms. The Hall–Kier alpha value is -1.78. The lowest BCUT2D eigenvalue weighted by Crippen LogP contribution is -2.35. The van der Waals surface area contributed by atoms with Gasteiger partial charge in [-0.25, -0.2) is 4.39 Å². The van der Waals surface area contributed by atoms with E-state index in [9.17, 15) is 9.18 Å². The molecule has 0 aliphatic rings. The Bertz CT molecular complexity index is 371. The molecule has 1 aromatic carbocycles. The standard InChI is InChI=1S/C12H18FN3O/c1-3-16(4-2)12(17)8-15-11-6-9(13)5-10(14)7-11/h5-7,15H,3-4,8,14H2,1-2H3. The number of hydrogen-bond donors (Lipinski definition) is 2. The molecule has 1 aromatic rings. The summed E-state index contributed by atoms with van der Waals surface area (Å²) in [5, 5.41) is 2.86. The third-order valence-corrected chi connectivity index (χ3v) is 2.48. The minimum absolute atomic E-state index is 0.0159. The van der Waals surface area contributed by atoms with Crippen LogP contribution in [0.3, 0.4) is 0 Å². The maximum Gasteiger partial charge on any atom is 0.241 e. The highest BCUT2D eigenvalue weighted by Gasteiger charge is 2.09. The number of carbonyl (C=O) groups excluding carboxylic acids is 1. The molecule has 17 heavy (non-hydrogen) atoms. The van der Waals surface area contributed by atoms with Gasteiger partial charge in [0.05, 0.1) is 6.54 Å². The Balaban J connectivity index is 2.58. The van der Waals surface area contributed by atoms with Gasteiger partial charge in [0.2, 0.25) is 5.91 Å². The van der Waals surface area contributed by atoms with Crippen LogP contribution in [-0.2, 0) is 4.79 Å². The Morgan fingerprint density at radius 3 is 2.53 bits per heavy atom. The van der Waals surface area contributed by atoms with Crippen LogP contribution < -0.4 is 11.1 Å². The minimum Gasteiger partial charge on any atom is -0.399 e. The number of rotatable bonds is 5. The molecule has 1 rings (SSSR count). The number of anilines is 2. The van der Waals surface area contributed by atoms with Crippen LogP contribution in [-0.4, -0.2) is 30.4 Å². The number of likely N-dealkylation sites (N-methyl/N-ethyl adjacent to an activating group) is 1. The first-order valence-electron chi connectivity index (χ1n) is 5.64. The number of nitrogens with two attached hydrogens (primary N) is 1. The van der Waals surface area contributed by atoms with E-state index in [4.69, 9.17) is 5.73 Å². The van der Waals surface area contributed by atoms with Crippen molar-refractivity contribution in [2.24, 2.45) is 0 Å². The Morgan fingerprint density at radius 1 is 1.35 bits per heavy atom. The lowest BCUT2D eigenvalue weighted by molar-refractivity contribution is -0.128. The van der Waals surface area contributed by atoms with Crippen molar-refractivity contribution >= 4 is 17.3 Å². The molecule has 0 radical (unpaired) electrons. The molecule has 5 heteroatoms. The van der Waals surface area contributed by atoms with Crippen LogP contribution in [0.1, 0.15) is 13.8 Å². The average molecular weight is 239 g/mol. The molecule has 0 aliphatic heterocycles. The van der Waals surface area contributed by atoms with Crippen LogP contribution >= 0.6 is 0 Å². The van der Waals surface area contributed by atoms with Crippen LogP contribution in [0.5, 0.6) is 0 Å². The number of hydrogen-bond acceptors (Lipinski definition) is 3. The second kappa shape index (κ2) is 6.08. The van der Waals surface area contributed by atoms with E-state index < -0.39 is 5.82 Å². The lowest BCUT2D eigenvalue weighted by atomic mass is 10.2. The van der Waals surface area contributed by atoms with Crippen molar-refractivity contribution in [2.75, 3.05) is 30.7 Å². The van der Waals surface area contributed by atoms with E-state index in [0.717, 1.165) is 0 Å². The van der Waals surface area contributed by atoms with Gasteiger partial charge >= 0.3 is 0 Å². The molecule has 3 N–H and O–H groups in total. The van der Waals surface area contributed by atoms with Crippen LogP contribution in [0.4, 0.5) is 15.8 Å². The van der Waals surface area contributed by atoms with E-state index in [1.54, 1.807) is 11.0 Å². The summed E-state index contributed by atoms with van der Waals surface area (Å²) >= 11 is 0. The largest absolute Gasteiger partial charge is 0.399 e. The summed E-state index contributed by atoms with van der Waals surface area (Å²) in [6, 6.07) is 4.14. The minimum atomic E-state index is -0.414. The van der Waals surface area contributed by atoms with Gasteiger partial charge < -0.3 is 16.0 Å². The molecule has 0 bridgehead atoms. The van der Waals surface area contributed by atoms with Crippen molar-refractivity contribution in [1.82, 2.24) is 4.90 Å². The van der Waals surface area contributed by atoms with Crippen molar-refractivity contribution in [2.45, 2.75) is 13.8 Å². The SMILES string of the molecule is CCN(CC)C(=O)CNc1cc(N)cc(F)c1. The molecule has 0 heterocycles. The molecule has 0 aliphatic carbocycles. The second-order valence-electron chi connectivity index (χ2n) is 3.69. The zero-order valence-electron chi connectivity index (χ0n) is 10.2. The van der Waals surface area contributed by atoms with Gasteiger partial charge in [0, 0.05) is 24.5 Å². The van der Waals surface area contributed by atoms with E-state index in [0.29, 0.717) is 24.5 Å². The van der Waals surface area contributed by atoms with Gasteiger partial charge in [0.1, 0.15) is 5.82 Å². The number of nitrogens with one attached hydrogen (secondary N) is 1. The lowest BCUT2D eigenvalue weighted by Gasteiger charge is -2.19. The quantitative estimate of drug-likeness (QED) is 0.769. The zero-order chi connectivity index (χ0) is 12.8. The summed E-state index contributed by atoms with van der Waals surface area (Å²) in [6.07, 6.45) is 0. The predicted octanol–water partition coefficient (Wildman–Crippen LogP) is 1.69. The molecule has 4 nitrogen and oxygen atoms in total. The second-order valence-corrected chi connectivity index (χ2v) is 3.69. The molecular formula is C12H18FN3O. The fraction of sp³-hybridized carbons (Fsp3) is 0.417. The van der Waals surface area contributed by atoms with Gasteiger partial charge in [-0.3, -0.25) is 4.79 Å². The zero-order valence-corrected chi connectivity index (χ0v) is 10.2. The summed E-state index contributed by atoms with van der Waals surface area (Å²) in [6.45, 7) is 5.32. The van der Waals surface area contributed by atoms with Crippen molar-refractivity contribution in [1.29, 1.82) is 0 Å². The highest BCUT2D eigenvalue weighted by Crippen LogP contribution is 2.15.